The maximum absolute atomic E-state index is 12.3. The van der Waals surface area contributed by atoms with Gasteiger partial charge in [0.25, 0.3) is 0 Å². The van der Waals surface area contributed by atoms with Gasteiger partial charge >= 0.3 is 6.09 Å². The molecule has 0 unspecified atom stereocenters. The van der Waals surface area contributed by atoms with Crippen molar-refractivity contribution in [3.05, 3.63) is 52.2 Å². The maximum atomic E-state index is 12.3. The number of nitrogens with one attached hydrogen (secondary N) is 1. The fourth-order valence-electron chi connectivity index (χ4n) is 2.89. The van der Waals surface area contributed by atoms with Crippen molar-refractivity contribution in [3.8, 4) is 6.07 Å². The molecule has 1 N–H and O–H groups in total. The fraction of sp³-hybridized carbons (Fsp3) is 0.333. The van der Waals surface area contributed by atoms with Crippen LogP contribution in [-0.4, -0.2) is 35.0 Å². The average Bonchev–Trinajstić information content (AvgIpc) is 3.07. The number of nitrogens with zero attached hydrogens (tertiary/aromatic N) is 3. The zero-order valence-corrected chi connectivity index (χ0v) is 17.2. The quantitative estimate of drug-likeness (QED) is 0.756. The number of anilines is 1. The van der Waals surface area contributed by atoms with Gasteiger partial charge in [-0.25, -0.2) is 4.79 Å². The molecule has 2 amide bonds. The molecule has 0 radical (unpaired) electrons. The molecule has 0 fully saturated rings. The molecule has 7 nitrogen and oxygen atoms in total. The summed E-state index contributed by atoms with van der Waals surface area (Å²) in [7, 11) is 0. The van der Waals surface area contributed by atoms with Gasteiger partial charge in [-0.3, -0.25) is 9.78 Å². The van der Waals surface area contributed by atoms with Crippen LogP contribution in [0.25, 0.3) is 6.08 Å². The first-order valence-electron chi connectivity index (χ1n) is 9.33. The summed E-state index contributed by atoms with van der Waals surface area (Å²) in [6, 6.07) is 5.82. The van der Waals surface area contributed by atoms with E-state index >= 15 is 0 Å². The highest BCUT2D eigenvalue weighted by Gasteiger charge is 2.28. The van der Waals surface area contributed by atoms with E-state index in [4.69, 9.17) is 4.74 Å². The zero-order valence-electron chi connectivity index (χ0n) is 16.3. The molecule has 2 aromatic rings. The number of pyridine rings is 1. The molecule has 0 saturated heterocycles. The summed E-state index contributed by atoms with van der Waals surface area (Å²) in [5, 5.41) is 12.9. The van der Waals surface area contributed by atoms with E-state index in [2.05, 4.69) is 16.4 Å². The minimum absolute atomic E-state index is 0.271. The van der Waals surface area contributed by atoms with Gasteiger partial charge in [-0.2, -0.15) is 5.26 Å². The number of hydrogen-bond acceptors (Lipinski definition) is 6. The molecule has 1 aliphatic heterocycles. The van der Waals surface area contributed by atoms with Gasteiger partial charge in [0.2, 0.25) is 5.91 Å². The molecule has 1 aliphatic rings. The van der Waals surface area contributed by atoms with Crippen molar-refractivity contribution in [2.45, 2.75) is 26.8 Å². The maximum Gasteiger partial charge on any atom is 0.410 e. The molecule has 3 heterocycles. The Labute approximate surface area is 173 Å². The molecule has 0 saturated carbocycles. The number of thiophene rings is 1. The summed E-state index contributed by atoms with van der Waals surface area (Å²) in [6.07, 6.45) is 6.60. The Morgan fingerprint density at radius 3 is 3.00 bits per heavy atom. The monoisotopic (exact) mass is 410 g/mol. The standard InChI is InChI=1S/C21H22N4O3S/c1-14(2)13-28-21(27)25-9-7-16-17(10-22)20(29-18(16)12-25)24-19(26)6-5-15-4-3-8-23-11-15/h3-6,8,11,14H,7,9,12-13H2,1-2H3,(H,24,26)/b6-5+. The predicted molar refractivity (Wildman–Crippen MR) is 111 cm³/mol. The Hall–Kier alpha value is -3.18. The molecular weight excluding hydrogens is 388 g/mol. The molecule has 0 bridgehead atoms. The average molecular weight is 410 g/mol. The molecule has 2 aromatic heterocycles. The van der Waals surface area contributed by atoms with Crippen molar-refractivity contribution in [3.63, 3.8) is 0 Å². The van der Waals surface area contributed by atoms with Gasteiger partial charge in [-0.1, -0.05) is 19.9 Å². The minimum Gasteiger partial charge on any atom is -0.449 e. The fourth-order valence-corrected chi connectivity index (χ4v) is 4.11. The third-order valence-corrected chi connectivity index (χ3v) is 5.45. The molecule has 29 heavy (non-hydrogen) atoms. The van der Waals surface area contributed by atoms with E-state index in [1.807, 2.05) is 19.9 Å². The lowest BCUT2D eigenvalue weighted by atomic mass is 10.0. The van der Waals surface area contributed by atoms with E-state index in [0.717, 1.165) is 16.0 Å². The Bertz CT molecular complexity index is 960. The number of ether oxygens (including phenoxy) is 1. The van der Waals surface area contributed by atoms with Crippen LogP contribution < -0.4 is 5.32 Å². The van der Waals surface area contributed by atoms with E-state index in [9.17, 15) is 14.9 Å². The lowest BCUT2D eigenvalue weighted by Crippen LogP contribution is -2.36. The van der Waals surface area contributed by atoms with Crippen LogP contribution in [0.4, 0.5) is 9.80 Å². The second kappa shape index (κ2) is 9.34. The largest absolute Gasteiger partial charge is 0.449 e. The summed E-state index contributed by atoms with van der Waals surface area (Å²) < 4.78 is 5.30. The van der Waals surface area contributed by atoms with Crippen molar-refractivity contribution < 1.29 is 14.3 Å². The van der Waals surface area contributed by atoms with Crippen LogP contribution in [0.2, 0.25) is 0 Å². The number of amides is 2. The normalized spacial score (nSPS) is 13.2. The van der Waals surface area contributed by atoms with Crippen molar-refractivity contribution in [2.75, 3.05) is 18.5 Å². The number of fused-ring (bicyclic) bond motifs is 1. The molecule has 0 aliphatic carbocycles. The number of hydrogen-bond donors (Lipinski definition) is 1. The Kier molecular flexibility index (Phi) is 6.62. The van der Waals surface area contributed by atoms with Gasteiger partial charge in [0.1, 0.15) is 11.1 Å². The predicted octanol–water partition coefficient (Wildman–Crippen LogP) is 3.82. The summed E-state index contributed by atoms with van der Waals surface area (Å²) >= 11 is 1.33. The number of carbonyl (C=O) groups is 2. The van der Waals surface area contributed by atoms with Gasteiger partial charge in [0.15, 0.2) is 0 Å². The van der Waals surface area contributed by atoms with Gasteiger partial charge < -0.3 is 15.0 Å². The smallest absolute Gasteiger partial charge is 0.410 e. The van der Waals surface area contributed by atoms with Crippen molar-refractivity contribution in [1.82, 2.24) is 9.88 Å². The third-order valence-electron chi connectivity index (χ3n) is 4.32. The summed E-state index contributed by atoms with van der Waals surface area (Å²) in [4.78, 5) is 31.0. The van der Waals surface area contributed by atoms with Crippen LogP contribution in [0.5, 0.6) is 0 Å². The van der Waals surface area contributed by atoms with E-state index in [-0.39, 0.29) is 17.9 Å². The number of rotatable bonds is 5. The van der Waals surface area contributed by atoms with E-state index in [1.54, 1.807) is 29.4 Å². The number of nitriles is 1. The second-order valence-electron chi connectivity index (χ2n) is 7.07. The van der Waals surface area contributed by atoms with Crippen LogP contribution in [0.3, 0.4) is 0 Å². The molecule has 0 spiro atoms. The Morgan fingerprint density at radius 1 is 1.48 bits per heavy atom. The SMILES string of the molecule is CC(C)COC(=O)N1CCc2c(sc(NC(=O)/C=C/c3cccnc3)c2C#N)C1. The molecule has 0 aromatic carbocycles. The lowest BCUT2D eigenvalue weighted by molar-refractivity contribution is -0.111. The van der Waals surface area contributed by atoms with Gasteiger partial charge in [-0.15, -0.1) is 11.3 Å². The first-order chi connectivity index (χ1) is 14.0. The molecule has 3 rings (SSSR count). The molecule has 8 heteroatoms. The third kappa shape index (κ3) is 5.21. The van der Waals surface area contributed by atoms with E-state index in [0.29, 0.717) is 36.7 Å². The van der Waals surface area contributed by atoms with Gasteiger partial charge in [0, 0.05) is 29.9 Å². The van der Waals surface area contributed by atoms with E-state index < -0.39 is 0 Å². The number of carbonyl (C=O) groups excluding carboxylic acids is 2. The molecule has 150 valence electrons. The van der Waals surface area contributed by atoms with Gasteiger partial charge in [0.05, 0.1) is 18.7 Å². The first-order valence-corrected chi connectivity index (χ1v) is 10.1. The Balaban J connectivity index is 1.69. The highest BCUT2D eigenvalue weighted by atomic mass is 32.1. The molecular formula is C21H22N4O3S. The van der Waals surface area contributed by atoms with Crippen LogP contribution in [0, 0.1) is 17.2 Å². The van der Waals surface area contributed by atoms with Crippen LogP contribution in [0.1, 0.15) is 35.4 Å². The van der Waals surface area contributed by atoms with Crippen LogP contribution >= 0.6 is 11.3 Å². The summed E-state index contributed by atoms with van der Waals surface area (Å²) in [6.45, 7) is 5.22. The topological polar surface area (TPSA) is 95.3 Å². The zero-order chi connectivity index (χ0) is 20.8. The van der Waals surface area contributed by atoms with Crippen LogP contribution in [-0.2, 0) is 22.5 Å². The van der Waals surface area contributed by atoms with Gasteiger partial charge in [-0.05, 0) is 35.6 Å². The summed E-state index contributed by atoms with van der Waals surface area (Å²) in [5.41, 5.74) is 2.18. The highest BCUT2D eigenvalue weighted by molar-refractivity contribution is 7.16. The summed E-state index contributed by atoms with van der Waals surface area (Å²) in [5.74, 6) is -0.0510. The van der Waals surface area contributed by atoms with Crippen molar-refractivity contribution in [2.24, 2.45) is 5.92 Å². The van der Waals surface area contributed by atoms with Crippen LogP contribution in [0.15, 0.2) is 30.6 Å². The minimum atomic E-state index is -0.346. The first kappa shape index (κ1) is 20.6. The van der Waals surface area contributed by atoms with Crippen molar-refractivity contribution in [1.29, 1.82) is 5.26 Å². The second-order valence-corrected chi connectivity index (χ2v) is 8.18. The van der Waals surface area contributed by atoms with E-state index in [1.165, 1.54) is 17.4 Å². The lowest BCUT2D eigenvalue weighted by Gasteiger charge is -2.26. The number of aromatic nitrogens is 1. The molecule has 0 atom stereocenters. The Morgan fingerprint density at radius 2 is 2.31 bits per heavy atom. The van der Waals surface area contributed by atoms with Crippen molar-refractivity contribution >= 4 is 34.4 Å². The highest BCUT2D eigenvalue weighted by Crippen LogP contribution is 2.36.